The molecule has 0 amide bonds. The first-order valence-electron chi connectivity index (χ1n) is 5.32. The Kier molecular flexibility index (Phi) is 4.24. The summed E-state index contributed by atoms with van der Waals surface area (Å²) in [5.41, 5.74) is 0.818. The highest BCUT2D eigenvalue weighted by molar-refractivity contribution is 6.33. The van der Waals surface area contributed by atoms with Crippen LogP contribution >= 0.6 is 23.2 Å². The molecule has 0 bridgehead atoms. The van der Waals surface area contributed by atoms with Crippen molar-refractivity contribution >= 4 is 29.2 Å². The minimum Gasteiger partial charge on any atom is -0.478 e. The number of hydrogen-bond donors (Lipinski definition) is 1. The van der Waals surface area contributed by atoms with Gasteiger partial charge < -0.3 is 9.84 Å². The highest BCUT2D eigenvalue weighted by Gasteiger charge is 2.11. The van der Waals surface area contributed by atoms with E-state index in [1.807, 2.05) is 6.07 Å². The number of halogens is 2. The van der Waals surface area contributed by atoms with Crippen molar-refractivity contribution in [2.45, 2.75) is 6.61 Å². The molecule has 4 nitrogen and oxygen atoms in total. The summed E-state index contributed by atoms with van der Waals surface area (Å²) in [6.07, 6.45) is 1.25. The van der Waals surface area contributed by atoms with Crippen LogP contribution in [0.4, 0.5) is 0 Å². The van der Waals surface area contributed by atoms with Crippen LogP contribution in [0.1, 0.15) is 15.9 Å². The molecule has 0 aliphatic rings. The number of benzene rings is 1. The van der Waals surface area contributed by atoms with Crippen molar-refractivity contribution in [1.82, 2.24) is 4.98 Å². The molecular weight excluding hydrogens is 289 g/mol. The molecule has 2 rings (SSSR count). The van der Waals surface area contributed by atoms with Gasteiger partial charge in [0, 0.05) is 11.1 Å². The molecule has 0 aliphatic heterocycles. The number of ether oxygens (including phenoxy) is 1. The predicted molar refractivity (Wildman–Crippen MR) is 72.0 cm³/mol. The van der Waals surface area contributed by atoms with Gasteiger partial charge in [-0.1, -0.05) is 35.3 Å². The maximum absolute atomic E-state index is 10.9. The van der Waals surface area contributed by atoms with Gasteiger partial charge in [0.1, 0.15) is 6.61 Å². The molecule has 2 aromatic rings. The van der Waals surface area contributed by atoms with Gasteiger partial charge in [-0.2, -0.15) is 0 Å². The fraction of sp³-hybridized carbons (Fsp3) is 0.0769. The Hall–Kier alpha value is -1.78. The molecule has 1 heterocycles. The van der Waals surface area contributed by atoms with Crippen molar-refractivity contribution in [2.24, 2.45) is 0 Å². The van der Waals surface area contributed by atoms with E-state index in [9.17, 15) is 4.79 Å². The summed E-state index contributed by atoms with van der Waals surface area (Å²) in [4.78, 5) is 14.8. The second-order valence-corrected chi connectivity index (χ2v) is 4.57. The summed E-state index contributed by atoms with van der Waals surface area (Å²) >= 11 is 11.6. The molecule has 0 aliphatic carbocycles. The molecule has 0 unspecified atom stereocenters. The number of nitrogens with zero attached hydrogens (tertiary/aromatic N) is 1. The van der Waals surface area contributed by atoms with Crippen LogP contribution in [0.3, 0.4) is 0 Å². The molecule has 1 N–H and O–H groups in total. The topological polar surface area (TPSA) is 59.4 Å². The van der Waals surface area contributed by atoms with Gasteiger partial charge in [0.2, 0.25) is 5.88 Å². The number of carboxylic acids is 1. The number of pyridine rings is 1. The molecule has 0 atom stereocenters. The highest BCUT2D eigenvalue weighted by Crippen LogP contribution is 2.20. The Morgan fingerprint density at radius 3 is 2.79 bits per heavy atom. The number of rotatable bonds is 4. The van der Waals surface area contributed by atoms with E-state index in [1.54, 1.807) is 18.2 Å². The zero-order chi connectivity index (χ0) is 13.8. The van der Waals surface area contributed by atoms with E-state index in [4.69, 9.17) is 33.0 Å². The molecule has 1 aromatic carbocycles. The molecule has 0 fully saturated rings. The number of carbonyl (C=O) groups is 1. The number of hydrogen-bond acceptors (Lipinski definition) is 3. The molecule has 0 radical (unpaired) electrons. The van der Waals surface area contributed by atoms with E-state index in [-0.39, 0.29) is 23.1 Å². The molecule has 0 saturated heterocycles. The Labute approximate surface area is 119 Å². The maximum Gasteiger partial charge on any atom is 0.337 e. The average molecular weight is 298 g/mol. The van der Waals surface area contributed by atoms with Crippen molar-refractivity contribution < 1.29 is 14.6 Å². The normalized spacial score (nSPS) is 10.2. The van der Waals surface area contributed by atoms with Crippen LogP contribution in [0, 0.1) is 0 Å². The second-order valence-electron chi connectivity index (χ2n) is 3.73. The summed E-state index contributed by atoms with van der Waals surface area (Å²) in [5, 5.41) is 9.61. The van der Waals surface area contributed by atoms with E-state index in [0.717, 1.165) is 5.56 Å². The van der Waals surface area contributed by atoms with Gasteiger partial charge in [-0.15, -0.1) is 0 Å². The minimum absolute atomic E-state index is 0.0437. The smallest absolute Gasteiger partial charge is 0.337 e. The van der Waals surface area contributed by atoms with Crippen molar-refractivity contribution in [3.63, 3.8) is 0 Å². The molecular formula is C13H9Cl2NO3. The Morgan fingerprint density at radius 1 is 1.32 bits per heavy atom. The highest BCUT2D eigenvalue weighted by atomic mass is 35.5. The predicted octanol–water partition coefficient (Wildman–Crippen LogP) is 3.67. The quantitative estimate of drug-likeness (QED) is 0.935. The van der Waals surface area contributed by atoms with Crippen molar-refractivity contribution in [1.29, 1.82) is 0 Å². The fourth-order valence-corrected chi connectivity index (χ4v) is 1.84. The molecule has 0 spiro atoms. The third-order valence-corrected chi connectivity index (χ3v) is 2.87. The van der Waals surface area contributed by atoms with E-state index >= 15 is 0 Å². The van der Waals surface area contributed by atoms with Crippen molar-refractivity contribution in [2.75, 3.05) is 0 Å². The first-order chi connectivity index (χ1) is 9.06. The zero-order valence-corrected chi connectivity index (χ0v) is 11.1. The van der Waals surface area contributed by atoms with Crippen LogP contribution < -0.4 is 4.74 Å². The lowest BCUT2D eigenvalue weighted by Crippen LogP contribution is -2.02. The van der Waals surface area contributed by atoms with E-state index in [1.165, 1.54) is 12.3 Å². The Balaban J connectivity index is 2.12. The van der Waals surface area contributed by atoms with Crippen LogP contribution in [0.5, 0.6) is 5.88 Å². The van der Waals surface area contributed by atoms with E-state index in [0.29, 0.717) is 5.02 Å². The molecule has 19 heavy (non-hydrogen) atoms. The number of carboxylic acid groups (broad SMARTS) is 1. The number of aromatic nitrogens is 1. The van der Waals surface area contributed by atoms with Gasteiger partial charge >= 0.3 is 5.97 Å². The van der Waals surface area contributed by atoms with Gasteiger partial charge in [-0.25, -0.2) is 9.78 Å². The molecule has 1 aromatic heterocycles. The third kappa shape index (κ3) is 3.59. The summed E-state index contributed by atoms with van der Waals surface area (Å²) in [6, 6.07) is 8.46. The third-order valence-electron chi connectivity index (χ3n) is 2.34. The lowest BCUT2D eigenvalue weighted by molar-refractivity contribution is 0.0696. The van der Waals surface area contributed by atoms with Gasteiger partial charge in [0.25, 0.3) is 0 Å². The summed E-state index contributed by atoms with van der Waals surface area (Å²) in [7, 11) is 0. The van der Waals surface area contributed by atoms with Gasteiger partial charge in [0.15, 0.2) is 0 Å². The van der Waals surface area contributed by atoms with E-state index < -0.39 is 5.97 Å². The molecule has 6 heteroatoms. The first-order valence-corrected chi connectivity index (χ1v) is 6.08. The van der Waals surface area contributed by atoms with Crippen molar-refractivity contribution in [3.8, 4) is 5.88 Å². The van der Waals surface area contributed by atoms with Crippen LogP contribution in [-0.2, 0) is 6.61 Å². The van der Waals surface area contributed by atoms with Crippen LogP contribution in [0.15, 0.2) is 36.5 Å². The van der Waals surface area contributed by atoms with Gasteiger partial charge in [-0.3, -0.25) is 0 Å². The summed E-state index contributed by atoms with van der Waals surface area (Å²) < 4.78 is 5.40. The maximum atomic E-state index is 10.9. The lowest BCUT2D eigenvalue weighted by Gasteiger charge is -2.07. The van der Waals surface area contributed by atoms with Crippen molar-refractivity contribution in [3.05, 3.63) is 57.7 Å². The minimum atomic E-state index is -1.12. The monoisotopic (exact) mass is 297 g/mol. The van der Waals surface area contributed by atoms with Crippen LogP contribution in [-0.4, -0.2) is 16.1 Å². The lowest BCUT2D eigenvalue weighted by atomic mass is 10.2. The van der Waals surface area contributed by atoms with E-state index in [2.05, 4.69) is 4.98 Å². The summed E-state index contributed by atoms with van der Waals surface area (Å²) in [6.45, 7) is 0.244. The standard InChI is InChI=1S/C13H9Cl2NO3/c14-9-3-1-2-8(4-9)7-19-12-5-10(13(17)18)11(15)6-16-12/h1-6H,7H2,(H,17,18). The fourth-order valence-electron chi connectivity index (χ4n) is 1.45. The molecule has 98 valence electrons. The molecule has 0 saturated carbocycles. The Bertz CT molecular complexity index is 617. The SMILES string of the molecule is O=C(O)c1cc(OCc2cccc(Cl)c2)ncc1Cl. The zero-order valence-electron chi connectivity index (χ0n) is 9.64. The number of aromatic carboxylic acids is 1. The second kappa shape index (κ2) is 5.91. The largest absolute Gasteiger partial charge is 0.478 e. The summed E-state index contributed by atoms with van der Waals surface area (Å²) in [5.74, 6) is -0.929. The van der Waals surface area contributed by atoms with Crippen LogP contribution in [0.25, 0.3) is 0 Å². The van der Waals surface area contributed by atoms with Gasteiger partial charge in [0.05, 0.1) is 16.8 Å². The first kappa shape index (κ1) is 13.6. The van der Waals surface area contributed by atoms with Gasteiger partial charge in [-0.05, 0) is 17.7 Å². The average Bonchev–Trinajstić information content (AvgIpc) is 2.37. The Morgan fingerprint density at radius 2 is 2.11 bits per heavy atom. The van der Waals surface area contributed by atoms with Crippen LogP contribution in [0.2, 0.25) is 10.0 Å².